The minimum absolute atomic E-state index is 0.00132. The van der Waals surface area contributed by atoms with Crippen molar-refractivity contribution in [3.8, 4) is 0 Å². The van der Waals surface area contributed by atoms with Gasteiger partial charge >= 0.3 is 5.97 Å². The predicted molar refractivity (Wildman–Crippen MR) is 155 cm³/mol. The summed E-state index contributed by atoms with van der Waals surface area (Å²) in [6, 6.07) is 0. The zero-order valence-corrected chi connectivity index (χ0v) is 26.6. The number of unbranched alkanes of at least 4 members (excludes halogenated alkanes) is 12. The van der Waals surface area contributed by atoms with Gasteiger partial charge in [-0.2, -0.15) is 0 Å². The number of rotatable bonds is 26. The zero-order chi connectivity index (χ0) is 28.7. The molecule has 0 aliphatic heterocycles. The highest BCUT2D eigenvalue weighted by Crippen LogP contribution is 2.38. The predicted octanol–water partition coefficient (Wildman–Crippen LogP) is 6.65. The molecule has 10 heteroatoms. The first-order valence-electron chi connectivity index (χ1n) is 14.7. The van der Waals surface area contributed by atoms with Crippen LogP contribution in [0.3, 0.4) is 0 Å². The zero-order valence-electron chi connectivity index (χ0n) is 24.9. The van der Waals surface area contributed by atoms with Crippen molar-refractivity contribution in [2.45, 2.75) is 123 Å². The Morgan fingerprint density at radius 3 is 1.82 bits per heavy atom. The Hall–Kier alpha value is -0.440. The van der Waals surface area contributed by atoms with E-state index in [0.29, 0.717) is 17.4 Å². The monoisotopic (exact) mass is 581 g/mol. The molecule has 0 saturated heterocycles. The van der Waals surface area contributed by atoms with Crippen molar-refractivity contribution in [2.75, 3.05) is 46.7 Å². The van der Waals surface area contributed by atoms with Gasteiger partial charge in [-0.3, -0.25) is 14.2 Å². The molecule has 0 aromatic rings. The summed E-state index contributed by atoms with van der Waals surface area (Å²) in [5.74, 6) is -0.226. The van der Waals surface area contributed by atoms with Gasteiger partial charge in [0, 0.05) is 18.6 Å². The van der Waals surface area contributed by atoms with Crippen LogP contribution in [-0.2, 0) is 27.9 Å². The smallest absolute Gasteiger partial charge is 0.306 e. The number of phosphoric acid groups is 1. The van der Waals surface area contributed by atoms with Crippen LogP contribution < -0.4 is 4.89 Å². The first kappa shape index (κ1) is 37.6. The van der Waals surface area contributed by atoms with Crippen LogP contribution in [0.5, 0.6) is 0 Å². The van der Waals surface area contributed by atoms with E-state index in [2.05, 4.69) is 13.8 Å². The molecular formula is C28H56NO7PS. The SMILES string of the molecule is CCCCCCCCCC(=O)OC(COP(=O)([O-])OCC[N+](C)(C)C)CSC(=O)CCCCCCCCC. The molecule has 0 spiro atoms. The van der Waals surface area contributed by atoms with Crippen LogP contribution in [0.1, 0.15) is 117 Å². The number of hydrogen-bond donors (Lipinski definition) is 0. The maximum atomic E-state index is 12.4. The molecule has 226 valence electrons. The number of ether oxygens (including phenoxy) is 1. The summed E-state index contributed by atoms with van der Waals surface area (Å²) in [6.07, 6.45) is 15.4. The van der Waals surface area contributed by atoms with Crippen molar-refractivity contribution in [3.63, 3.8) is 0 Å². The Kier molecular flexibility index (Phi) is 23.0. The highest BCUT2D eigenvalue weighted by molar-refractivity contribution is 8.13. The van der Waals surface area contributed by atoms with E-state index in [1.54, 1.807) is 0 Å². The van der Waals surface area contributed by atoms with Crippen molar-refractivity contribution >= 4 is 30.7 Å². The summed E-state index contributed by atoms with van der Waals surface area (Å²) in [5, 5.41) is 0.0242. The highest BCUT2D eigenvalue weighted by Gasteiger charge is 2.21. The van der Waals surface area contributed by atoms with E-state index in [1.165, 1.54) is 51.4 Å². The largest absolute Gasteiger partial charge is 0.756 e. The molecule has 0 fully saturated rings. The van der Waals surface area contributed by atoms with E-state index < -0.39 is 13.9 Å². The summed E-state index contributed by atoms with van der Waals surface area (Å²) in [7, 11) is 1.25. The number of carbonyl (C=O) groups is 2. The van der Waals surface area contributed by atoms with E-state index in [-0.39, 0.29) is 36.5 Å². The average Bonchev–Trinajstić information content (AvgIpc) is 2.83. The molecule has 2 unspecified atom stereocenters. The highest BCUT2D eigenvalue weighted by atomic mass is 32.2. The standard InChI is InChI=1S/C28H56NO7PS/c1-6-8-10-12-14-16-18-20-27(30)36-26(24-35-37(32,33)34-23-22-29(3,4)5)25-38-28(31)21-19-17-15-13-11-9-7-2/h26H,6-25H2,1-5H3. The van der Waals surface area contributed by atoms with Gasteiger partial charge in [0.15, 0.2) is 5.12 Å². The van der Waals surface area contributed by atoms with Gasteiger partial charge in [0.25, 0.3) is 7.82 Å². The minimum atomic E-state index is -4.54. The van der Waals surface area contributed by atoms with Crippen LogP contribution in [0, 0.1) is 0 Å². The normalized spacial score (nSPS) is 14.3. The quantitative estimate of drug-likeness (QED) is 0.0484. The third-order valence-corrected chi connectivity index (χ3v) is 8.16. The molecule has 0 aliphatic rings. The van der Waals surface area contributed by atoms with E-state index in [9.17, 15) is 19.0 Å². The maximum Gasteiger partial charge on any atom is 0.306 e. The van der Waals surface area contributed by atoms with Crippen molar-refractivity contribution in [3.05, 3.63) is 0 Å². The molecule has 0 radical (unpaired) electrons. The molecule has 38 heavy (non-hydrogen) atoms. The third-order valence-electron chi connectivity index (χ3n) is 6.13. The Labute approximate surface area is 237 Å². The number of thioether (sulfide) groups is 1. The molecule has 8 nitrogen and oxygen atoms in total. The van der Waals surface area contributed by atoms with Gasteiger partial charge in [-0.15, -0.1) is 0 Å². The maximum absolute atomic E-state index is 12.4. The molecule has 0 saturated carbocycles. The lowest BCUT2D eigenvalue weighted by Gasteiger charge is -2.28. The van der Waals surface area contributed by atoms with Gasteiger partial charge in [0.2, 0.25) is 0 Å². The second kappa shape index (κ2) is 23.3. The van der Waals surface area contributed by atoms with Crippen molar-refractivity contribution in [2.24, 2.45) is 0 Å². The lowest BCUT2D eigenvalue weighted by atomic mass is 10.1. The summed E-state index contributed by atoms with van der Waals surface area (Å²) in [4.78, 5) is 37.0. The summed E-state index contributed by atoms with van der Waals surface area (Å²) >= 11 is 1.08. The number of nitrogens with zero attached hydrogens (tertiary/aromatic N) is 1. The van der Waals surface area contributed by atoms with E-state index in [4.69, 9.17) is 13.8 Å². The topological polar surface area (TPSA) is 102 Å². The van der Waals surface area contributed by atoms with Crippen molar-refractivity contribution in [1.29, 1.82) is 0 Å². The lowest BCUT2D eigenvalue weighted by molar-refractivity contribution is -0.870. The molecular weight excluding hydrogens is 525 g/mol. The second-order valence-corrected chi connectivity index (χ2v) is 13.6. The van der Waals surface area contributed by atoms with Gasteiger partial charge < -0.3 is 23.2 Å². The van der Waals surface area contributed by atoms with Gasteiger partial charge in [-0.25, -0.2) is 0 Å². The molecule has 0 heterocycles. The first-order chi connectivity index (χ1) is 18.0. The van der Waals surface area contributed by atoms with Crippen LogP contribution in [-0.4, -0.2) is 68.3 Å². The van der Waals surface area contributed by atoms with Gasteiger partial charge in [0.1, 0.15) is 19.3 Å². The molecule has 0 N–H and O–H groups in total. The molecule has 0 aliphatic carbocycles. The number of phosphoric ester groups is 1. The first-order valence-corrected chi connectivity index (χ1v) is 17.2. The summed E-state index contributed by atoms with van der Waals surface area (Å²) < 4.78 is 28.3. The van der Waals surface area contributed by atoms with Gasteiger partial charge in [-0.05, 0) is 12.8 Å². The fraction of sp³-hybridized carbons (Fsp3) is 0.929. The van der Waals surface area contributed by atoms with Crippen LogP contribution in [0.4, 0.5) is 0 Å². The minimum Gasteiger partial charge on any atom is -0.756 e. The number of hydrogen-bond acceptors (Lipinski definition) is 8. The Morgan fingerprint density at radius 1 is 0.789 bits per heavy atom. The average molecular weight is 582 g/mol. The Balaban J connectivity index is 4.58. The van der Waals surface area contributed by atoms with Crippen LogP contribution in [0.2, 0.25) is 0 Å². The fourth-order valence-electron chi connectivity index (χ4n) is 3.71. The van der Waals surface area contributed by atoms with Crippen molar-refractivity contribution < 1.29 is 37.3 Å². The Morgan fingerprint density at radius 2 is 1.29 bits per heavy atom. The number of quaternary nitrogens is 1. The number of esters is 1. The molecule has 0 aromatic heterocycles. The molecule has 0 bridgehead atoms. The molecule has 2 atom stereocenters. The summed E-state index contributed by atoms with van der Waals surface area (Å²) in [6.45, 7) is 4.51. The van der Waals surface area contributed by atoms with Gasteiger partial charge in [0.05, 0.1) is 27.7 Å². The van der Waals surface area contributed by atoms with Crippen LogP contribution >= 0.6 is 19.6 Å². The van der Waals surface area contributed by atoms with Crippen LogP contribution in [0.25, 0.3) is 0 Å². The lowest BCUT2D eigenvalue weighted by Crippen LogP contribution is -2.37. The number of carbonyl (C=O) groups excluding carboxylic acids is 2. The molecule has 0 amide bonds. The van der Waals surface area contributed by atoms with Crippen LogP contribution in [0.15, 0.2) is 0 Å². The van der Waals surface area contributed by atoms with Gasteiger partial charge in [-0.1, -0.05) is 103 Å². The fourth-order valence-corrected chi connectivity index (χ4v) is 5.26. The molecule has 0 aromatic carbocycles. The molecule has 0 rings (SSSR count). The van der Waals surface area contributed by atoms with Crippen molar-refractivity contribution in [1.82, 2.24) is 0 Å². The third kappa shape index (κ3) is 25.8. The van der Waals surface area contributed by atoms with E-state index in [0.717, 1.165) is 50.3 Å². The van der Waals surface area contributed by atoms with E-state index in [1.807, 2.05) is 21.1 Å². The Bertz CT molecular complexity index is 658. The number of likely N-dealkylation sites (N-methyl/N-ethyl adjacent to an activating group) is 1. The summed E-state index contributed by atoms with van der Waals surface area (Å²) in [5.41, 5.74) is 0. The van der Waals surface area contributed by atoms with E-state index >= 15 is 0 Å². The second-order valence-electron chi connectivity index (χ2n) is 11.1.